The van der Waals surface area contributed by atoms with Crippen LogP contribution in [0, 0.1) is 16.7 Å². The van der Waals surface area contributed by atoms with Gasteiger partial charge in [0.25, 0.3) is 0 Å². The van der Waals surface area contributed by atoms with Gasteiger partial charge in [-0.25, -0.2) is 0 Å². The van der Waals surface area contributed by atoms with Crippen LogP contribution in [-0.4, -0.2) is 38.1 Å². The van der Waals surface area contributed by atoms with Gasteiger partial charge < -0.3 is 10.2 Å². The van der Waals surface area contributed by atoms with E-state index in [9.17, 15) is 0 Å². The average Bonchev–Trinajstić information content (AvgIpc) is 1.96. The van der Waals surface area contributed by atoms with Crippen LogP contribution >= 0.6 is 0 Å². The van der Waals surface area contributed by atoms with Gasteiger partial charge in [-0.2, -0.15) is 0 Å². The summed E-state index contributed by atoms with van der Waals surface area (Å²) in [5, 5.41) is 3.57. The molecule has 0 fully saturated rings. The van der Waals surface area contributed by atoms with Crippen LogP contribution in [0.4, 0.5) is 0 Å². The Labute approximate surface area is 109 Å². The average molecular weight is 242 g/mol. The molecule has 2 heteroatoms. The van der Waals surface area contributed by atoms with Gasteiger partial charge in [0.1, 0.15) is 0 Å². The van der Waals surface area contributed by atoms with Crippen LogP contribution in [0.1, 0.15) is 48.5 Å². The van der Waals surface area contributed by atoms with Crippen molar-refractivity contribution in [3.8, 4) is 0 Å². The molecular weight excluding hydrogens is 208 g/mol. The smallest absolute Gasteiger partial charge is 0.00420 e. The lowest BCUT2D eigenvalue weighted by molar-refractivity contribution is 0.158. The molecule has 0 amide bonds. The van der Waals surface area contributed by atoms with Crippen molar-refractivity contribution in [2.75, 3.05) is 33.2 Å². The maximum Gasteiger partial charge on any atom is 0.00420 e. The first-order chi connectivity index (χ1) is 7.52. The van der Waals surface area contributed by atoms with Gasteiger partial charge in [-0.15, -0.1) is 0 Å². The summed E-state index contributed by atoms with van der Waals surface area (Å²) in [6.45, 7) is 20.6. The fourth-order valence-electron chi connectivity index (χ4n) is 2.35. The predicted molar refractivity (Wildman–Crippen MR) is 78.4 cm³/mol. The highest BCUT2D eigenvalue weighted by atomic mass is 15.1. The van der Waals surface area contributed by atoms with Crippen LogP contribution in [0.15, 0.2) is 0 Å². The molecule has 0 aromatic heterocycles. The SMILES string of the molecule is CC(C)CNCC(C)(C)CN(C)CC(C)(C)C. The molecule has 0 heterocycles. The van der Waals surface area contributed by atoms with Crippen molar-refractivity contribution in [2.45, 2.75) is 48.5 Å². The normalized spacial score (nSPS) is 13.8. The molecule has 0 aromatic carbocycles. The second-order valence-electron chi connectivity index (χ2n) is 7.92. The Morgan fingerprint density at radius 2 is 1.53 bits per heavy atom. The predicted octanol–water partition coefficient (Wildman–Crippen LogP) is 3.24. The zero-order valence-electron chi connectivity index (χ0n) is 13.4. The number of nitrogens with zero attached hydrogens (tertiary/aromatic N) is 1. The van der Waals surface area contributed by atoms with Crippen LogP contribution in [-0.2, 0) is 0 Å². The number of nitrogens with one attached hydrogen (secondary N) is 1. The third-order valence-electron chi connectivity index (χ3n) is 2.60. The largest absolute Gasteiger partial charge is 0.316 e. The maximum atomic E-state index is 3.57. The van der Waals surface area contributed by atoms with Gasteiger partial charge in [0.05, 0.1) is 0 Å². The second kappa shape index (κ2) is 6.75. The Bertz CT molecular complexity index is 201. The van der Waals surface area contributed by atoms with E-state index in [-0.39, 0.29) is 0 Å². The zero-order chi connectivity index (χ0) is 13.7. The van der Waals surface area contributed by atoms with E-state index in [1.165, 1.54) is 0 Å². The van der Waals surface area contributed by atoms with Gasteiger partial charge >= 0.3 is 0 Å². The summed E-state index contributed by atoms with van der Waals surface area (Å²) in [5.41, 5.74) is 0.727. The molecule has 0 aliphatic rings. The molecule has 0 aliphatic carbocycles. The summed E-state index contributed by atoms with van der Waals surface area (Å²) in [5.74, 6) is 0.734. The van der Waals surface area contributed by atoms with Crippen molar-refractivity contribution in [1.82, 2.24) is 10.2 Å². The molecule has 0 bridgehead atoms. The van der Waals surface area contributed by atoms with Crippen molar-refractivity contribution in [3.05, 3.63) is 0 Å². The van der Waals surface area contributed by atoms with E-state index in [2.05, 4.69) is 65.7 Å². The summed E-state index contributed by atoms with van der Waals surface area (Å²) < 4.78 is 0. The van der Waals surface area contributed by atoms with E-state index in [1.807, 2.05) is 0 Å². The van der Waals surface area contributed by atoms with Gasteiger partial charge in [0.2, 0.25) is 0 Å². The van der Waals surface area contributed by atoms with Gasteiger partial charge in [-0.1, -0.05) is 48.5 Å². The Kier molecular flexibility index (Phi) is 6.71. The number of hydrogen-bond acceptors (Lipinski definition) is 2. The van der Waals surface area contributed by atoms with Crippen molar-refractivity contribution in [3.63, 3.8) is 0 Å². The van der Waals surface area contributed by atoms with Crippen molar-refractivity contribution < 1.29 is 0 Å². The molecule has 104 valence electrons. The van der Waals surface area contributed by atoms with Crippen LogP contribution in [0.2, 0.25) is 0 Å². The van der Waals surface area contributed by atoms with E-state index in [4.69, 9.17) is 0 Å². The molecule has 0 rings (SSSR count). The molecule has 0 atom stereocenters. The highest BCUT2D eigenvalue weighted by Crippen LogP contribution is 2.19. The molecule has 0 saturated heterocycles. The fraction of sp³-hybridized carbons (Fsp3) is 1.00. The lowest BCUT2D eigenvalue weighted by atomic mass is 9.90. The van der Waals surface area contributed by atoms with Crippen LogP contribution in [0.3, 0.4) is 0 Å². The van der Waals surface area contributed by atoms with Crippen LogP contribution < -0.4 is 5.32 Å². The quantitative estimate of drug-likeness (QED) is 0.737. The molecule has 17 heavy (non-hydrogen) atoms. The molecule has 0 radical (unpaired) electrons. The minimum atomic E-state index is 0.342. The van der Waals surface area contributed by atoms with E-state index < -0.39 is 0 Å². The second-order valence-corrected chi connectivity index (χ2v) is 7.92. The molecule has 2 nitrogen and oxygen atoms in total. The van der Waals surface area contributed by atoms with E-state index >= 15 is 0 Å². The first-order valence-corrected chi connectivity index (χ1v) is 6.91. The van der Waals surface area contributed by atoms with E-state index in [0.717, 1.165) is 32.1 Å². The maximum absolute atomic E-state index is 3.57. The van der Waals surface area contributed by atoms with Crippen LogP contribution in [0.25, 0.3) is 0 Å². The summed E-state index contributed by atoms with van der Waals surface area (Å²) in [6.07, 6.45) is 0. The van der Waals surface area contributed by atoms with Gasteiger partial charge in [0, 0.05) is 19.6 Å². The molecule has 0 aromatic rings. The van der Waals surface area contributed by atoms with Crippen LogP contribution in [0.5, 0.6) is 0 Å². The first-order valence-electron chi connectivity index (χ1n) is 6.91. The summed E-state index contributed by atoms with van der Waals surface area (Å²) in [4.78, 5) is 2.46. The highest BCUT2D eigenvalue weighted by Gasteiger charge is 2.22. The van der Waals surface area contributed by atoms with E-state index in [0.29, 0.717) is 10.8 Å². The van der Waals surface area contributed by atoms with Gasteiger partial charge in [0.15, 0.2) is 0 Å². The van der Waals surface area contributed by atoms with Crippen molar-refractivity contribution >= 4 is 0 Å². The summed E-state index contributed by atoms with van der Waals surface area (Å²) in [6, 6.07) is 0. The third kappa shape index (κ3) is 10.8. The Morgan fingerprint density at radius 1 is 1.00 bits per heavy atom. The van der Waals surface area contributed by atoms with Gasteiger partial charge in [-0.05, 0) is 30.3 Å². The minimum Gasteiger partial charge on any atom is -0.316 e. The zero-order valence-corrected chi connectivity index (χ0v) is 13.4. The summed E-state index contributed by atoms with van der Waals surface area (Å²) >= 11 is 0. The molecular formula is C15H34N2. The number of hydrogen-bond donors (Lipinski definition) is 1. The molecule has 0 spiro atoms. The first kappa shape index (κ1) is 16.9. The van der Waals surface area contributed by atoms with E-state index in [1.54, 1.807) is 0 Å². The summed E-state index contributed by atoms with van der Waals surface area (Å²) in [7, 11) is 2.23. The lowest BCUT2D eigenvalue weighted by Crippen LogP contribution is -2.42. The fourth-order valence-corrected chi connectivity index (χ4v) is 2.35. The van der Waals surface area contributed by atoms with Crippen molar-refractivity contribution in [2.24, 2.45) is 16.7 Å². The molecule has 0 unspecified atom stereocenters. The standard InChI is InChI=1S/C15H34N2/c1-13(2)9-16-10-15(6,7)12-17(8)11-14(3,4)5/h13,16H,9-12H2,1-8H3. The minimum absolute atomic E-state index is 0.342. The van der Waals surface area contributed by atoms with Crippen molar-refractivity contribution in [1.29, 1.82) is 0 Å². The Hall–Kier alpha value is -0.0800. The molecule has 0 saturated carbocycles. The van der Waals surface area contributed by atoms with Gasteiger partial charge in [-0.3, -0.25) is 0 Å². The Balaban J connectivity index is 3.98. The molecule has 1 N–H and O–H groups in total. The molecule has 0 aliphatic heterocycles. The topological polar surface area (TPSA) is 15.3 Å². The third-order valence-corrected chi connectivity index (χ3v) is 2.60. The highest BCUT2D eigenvalue weighted by molar-refractivity contribution is 4.77. The lowest BCUT2D eigenvalue weighted by Gasteiger charge is -2.34. The number of rotatable bonds is 7. The Morgan fingerprint density at radius 3 is 1.94 bits per heavy atom. The monoisotopic (exact) mass is 242 g/mol.